The average Bonchev–Trinajstić information content (AvgIpc) is 2.58. The summed E-state index contributed by atoms with van der Waals surface area (Å²) in [4.78, 5) is 11.1. The van der Waals surface area contributed by atoms with Gasteiger partial charge in [-0.2, -0.15) is 0 Å². The molecule has 15 heavy (non-hydrogen) atoms. The second kappa shape index (κ2) is 3.93. The molecule has 2 atom stereocenters. The molecule has 1 aliphatic heterocycles. The first-order valence-corrected chi connectivity index (χ1v) is 5.04. The van der Waals surface area contributed by atoms with Crippen LogP contribution in [0, 0.1) is 5.92 Å². The Labute approximate surface area is 89.0 Å². The summed E-state index contributed by atoms with van der Waals surface area (Å²) >= 11 is 0. The van der Waals surface area contributed by atoms with E-state index < -0.39 is 0 Å². The molecule has 0 N–H and O–H groups in total. The molecule has 1 heterocycles. The van der Waals surface area contributed by atoms with Crippen LogP contribution in [0.5, 0.6) is 5.75 Å². The van der Waals surface area contributed by atoms with Crippen LogP contribution in [0.2, 0.25) is 0 Å². The van der Waals surface area contributed by atoms with Crippen LogP contribution < -0.4 is 4.74 Å². The fraction of sp³-hybridized carbons (Fsp3) is 0.417. The normalized spacial score (nSPS) is 25.1. The van der Waals surface area contributed by atoms with Crippen molar-refractivity contribution in [1.29, 1.82) is 0 Å². The van der Waals surface area contributed by atoms with E-state index in [-0.39, 0.29) is 18.0 Å². The molecule has 0 amide bonds. The molecule has 0 unspecified atom stereocenters. The lowest BCUT2D eigenvalue weighted by molar-refractivity contribution is -0.141. The predicted molar refractivity (Wildman–Crippen MR) is 55.6 cm³/mol. The largest absolute Gasteiger partial charge is 0.497 e. The first-order valence-electron chi connectivity index (χ1n) is 5.04. The maximum absolute atomic E-state index is 11.1. The van der Waals surface area contributed by atoms with Gasteiger partial charge in [0, 0.05) is 5.92 Å². The van der Waals surface area contributed by atoms with Gasteiger partial charge in [-0.1, -0.05) is 19.1 Å². The molecule has 1 aliphatic rings. The summed E-state index contributed by atoms with van der Waals surface area (Å²) in [6.07, 6.45) is 0.417. The van der Waals surface area contributed by atoms with E-state index in [1.807, 2.05) is 31.2 Å². The van der Waals surface area contributed by atoms with Crippen molar-refractivity contribution in [3.8, 4) is 5.75 Å². The van der Waals surface area contributed by atoms with E-state index in [1.54, 1.807) is 7.11 Å². The van der Waals surface area contributed by atoms with Crippen LogP contribution in [-0.2, 0) is 9.53 Å². The quantitative estimate of drug-likeness (QED) is 0.696. The number of benzene rings is 1. The van der Waals surface area contributed by atoms with Gasteiger partial charge in [0.25, 0.3) is 0 Å². The molecule has 1 saturated heterocycles. The molecule has 0 spiro atoms. The Bertz CT molecular complexity index is 356. The van der Waals surface area contributed by atoms with Crippen LogP contribution >= 0.6 is 0 Å². The third-order valence-corrected chi connectivity index (χ3v) is 2.71. The maximum atomic E-state index is 11.1. The van der Waals surface area contributed by atoms with Crippen molar-refractivity contribution in [2.75, 3.05) is 7.11 Å². The fourth-order valence-corrected chi connectivity index (χ4v) is 1.87. The van der Waals surface area contributed by atoms with Crippen molar-refractivity contribution in [3.05, 3.63) is 29.8 Å². The lowest BCUT2D eigenvalue weighted by Gasteiger charge is -2.14. The third-order valence-electron chi connectivity index (χ3n) is 2.71. The number of ether oxygens (including phenoxy) is 2. The van der Waals surface area contributed by atoms with E-state index >= 15 is 0 Å². The smallest absolute Gasteiger partial charge is 0.306 e. The van der Waals surface area contributed by atoms with E-state index in [1.165, 1.54) is 0 Å². The summed E-state index contributed by atoms with van der Waals surface area (Å²) in [5.74, 6) is 0.963. The minimum atomic E-state index is -0.108. The molecule has 0 bridgehead atoms. The van der Waals surface area contributed by atoms with E-state index in [4.69, 9.17) is 9.47 Å². The van der Waals surface area contributed by atoms with E-state index in [9.17, 15) is 4.79 Å². The lowest BCUT2D eigenvalue weighted by Crippen LogP contribution is -2.03. The van der Waals surface area contributed by atoms with Gasteiger partial charge in [0.15, 0.2) is 0 Å². The molecule has 1 aromatic carbocycles. The minimum absolute atomic E-state index is 0.0941. The topological polar surface area (TPSA) is 35.5 Å². The number of methoxy groups -OCH3 is 1. The van der Waals surface area contributed by atoms with Gasteiger partial charge in [0.1, 0.15) is 11.9 Å². The zero-order valence-electron chi connectivity index (χ0n) is 8.90. The van der Waals surface area contributed by atoms with Gasteiger partial charge in [0.05, 0.1) is 13.5 Å². The molecule has 1 fully saturated rings. The molecule has 3 heteroatoms. The highest BCUT2D eigenvalue weighted by Crippen LogP contribution is 2.35. The first-order chi connectivity index (χ1) is 7.20. The Hall–Kier alpha value is -1.51. The fourth-order valence-electron chi connectivity index (χ4n) is 1.87. The minimum Gasteiger partial charge on any atom is -0.497 e. The molecular formula is C12H14O3. The van der Waals surface area contributed by atoms with Crippen LogP contribution in [-0.4, -0.2) is 13.1 Å². The summed E-state index contributed by atoms with van der Waals surface area (Å²) in [5, 5.41) is 0. The van der Waals surface area contributed by atoms with Crippen LogP contribution in [0.15, 0.2) is 24.3 Å². The zero-order valence-corrected chi connectivity index (χ0v) is 8.90. The van der Waals surface area contributed by atoms with Crippen LogP contribution in [0.3, 0.4) is 0 Å². The predicted octanol–water partition coefficient (Wildman–Crippen LogP) is 2.32. The molecule has 2 rings (SSSR count). The van der Waals surface area contributed by atoms with Crippen LogP contribution in [0.4, 0.5) is 0 Å². The van der Waals surface area contributed by atoms with Crippen molar-refractivity contribution in [3.63, 3.8) is 0 Å². The molecule has 0 radical (unpaired) electrons. The number of esters is 1. The number of carbonyl (C=O) groups excluding carboxylic acids is 1. The van der Waals surface area contributed by atoms with E-state index in [0.717, 1.165) is 11.3 Å². The van der Waals surface area contributed by atoms with E-state index in [0.29, 0.717) is 6.42 Å². The molecule has 0 aliphatic carbocycles. The van der Waals surface area contributed by atoms with Crippen molar-refractivity contribution in [1.82, 2.24) is 0 Å². The molecule has 1 aromatic rings. The standard InChI is InChI=1S/C12H14O3/c1-8-7-11(13)15-12(8)9-3-5-10(14-2)6-4-9/h3-6,8,12H,7H2,1-2H3/t8-,12-/m0/s1. The van der Waals surface area contributed by atoms with Gasteiger partial charge < -0.3 is 9.47 Å². The SMILES string of the molecule is COc1ccc([C@H]2OC(=O)C[C@@H]2C)cc1. The van der Waals surface area contributed by atoms with Gasteiger partial charge in [-0.15, -0.1) is 0 Å². The second-order valence-electron chi connectivity index (χ2n) is 3.87. The van der Waals surface area contributed by atoms with Gasteiger partial charge in [0.2, 0.25) is 0 Å². The van der Waals surface area contributed by atoms with E-state index in [2.05, 4.69) is 0 Å². The number of carbonyl (C=O) groups is 1. The van der Waals surface area contributed by atoms with Crippen molar-refractivity contribution in [2.45, 2.75) is 19.4 Å². The lowest BCUT2D eigenvalue weighted by atomic mass is 9.97. The van der Waals surface area contributed by atoms with Crippen LogP contribution in [0.25, 0.3) is 0 Å². The van der Waals surface area contributed by atoms with Crippen molar-refractivity contribution < 1.29 is 14.3 Å². The summed E-state index contributed by atoms with van der Waals surface area (Å²) in [6.45, 7) is 2.03. The second-order valence-corrected chi connectivity index (χ2v) is 3.87. The molecule has 3 nitrogen and oxygen atoms in total. The Balaban J connectivity index is 2.19. The highest BCUT2D eigenvalue weighted by atomic mass is 16.5. The molecule has 0 saturated carbocycles. The highest BCUT2D eigenvalue weighted by Gasteiger charge is 2.32. The molecule has 80 valence electrons. The van der Waals surface area contributed by atoms with Crippen LogP contribution in [0.1, 0.15) is 25.0 Å². The third kappa shape index (κ3) is 1.96. The summed E-state index contributed by atoms with van der Waals surface area (Å²) in [6, 6.07) is 7.65. The summed E-state index contributed by atoms with van der Waals surface area (Å²) < 4.78 is 10.3. The molecular weight excluding hydrogens is 192 g/mol. The van der Waals surface area contributed by atoms with Crippen molar-refractivity contribution in [2.24, 2.45) is 5.92 Å². The number of rotatable bonds is 2. The Morgan fingerprint density at radius 3 is 2.47 bits per heavy atom. The van der Waals surface area contributed by atoms with Gasteiger partial charge in [-0.25, -0.2) is 0 Å². The zero-order chi connectivity index (χ0) is 10.8. The monoisotopic (exact) mass is 206 g/mol. The van der Waals surface area contributed by atoms with Crippen molar-refractivity contribution >= 4 is 5.97 Å². The Kier molecular flexibility index (Phi) is 2.62. The summed E-state index contributed by atoms with van der Waals surface area (Å²) in [7, 11) is 1.63. The Morgan fingerprint density at radius 2 is 2.00 bits per heavy atom. The average molecular weight is 206 g/mol. The highest BCUT2D eigenvalue weighted by molar-refractivity contribution is 5.72. The van der Waals surface area contributed by atoms with Gasteiger partial charge in [-0.3, -0.25) is 4.79 Å². The first kappa shape index (κ1) is 10.0. The molecule has 0 aromatic heterocycles. The maximum Gasteiger partial charge on any atom is 0.306 e. The number of cyclic esters (lactones) is 1. The summed E-state index contributed by atoms with van der Waals surface area (Å²) in [5.41, 5.74) is 1.04. The van der Waals surface area contributed by atoms with Gasteiger partial charge >= 0.3 is 5.97 Å². The Morgan fingerprint density at radius 1 is 1.33 bits per heavy atom. The number of hydrogen-bond donors (Lipinski definition) is 0. The number of hydrogen-bond acceptors (Lipinski definition) is 3. The van der Waals surface area contributed by atoms with Gasteiger partial charge in [-0.05, 0) is 17.7 Å².